The number of aromatic amines is 1. The minimum absolute atomic E-state index is 0.0928. The summed E-state index contributed by atoms with van der Waals surface area (Å²) in [7, 11) is 1.39. The van der Waals surface area contributed by atoms with Crippen LogP contribution >= 0.6 is 12.2 Å². The van der Waals surface area contributed by atoms with Gasteiger partial charge in [-0.2, -0.15) is 0 Å². The molecule has 0 radical (unpaired) electrons. The summed E-state index contributed by atoms with van der Waals surface area (Å²) < 4.78 is 7.37. The number of benzene rings is 1. The second kappa shape index (κ2) is 5.72. The van der Waals surface area contributed by atoms with Crippen molar-refractivity contribution in [1.29, 1.82) is 0 Å². The summed E-state index contributed by atoms with van der Waals surface area (Å²) in [4.78, 5) is 15.0. The maximum absolute atomic E-state index is 12.0. The highest BCUT2D eigenvalue weighted by molar-refractivity contribution is 7.71. The fourth-order valence-electron chi connectivity index (χ4n) is 3.51. The van der Waals surface area contributed by atoms with Crippen molar-refractivity contribution < 1.29 is 9.53 Å². The number of aromatic nitrogens is 2. The van der Waals surface area contributed by atoms with Gasteiger partial charge in [0.2, 0.25) is 0 Å². The number of rotatable bonds is 2. The highest BCUT2D eigenvalue weighted by Gasteiger charge is 2.27. The van der Waals surface area contributed by atoms with E-state index in [1.807, 2.05) is 4.57 Å². The van der Waals surface area contributed by atoms with E-state index >= 15 is 0 Å². The van der Waals surface area contributed by atoms with Gasteiger partial charge in [-0.3, -0.25) is 0 Å². The Labute approximate surface area is 135 Å². The molecule has 4 nitrogen and oxygen atoms in total. The number of H-pyrrole nitrogens is 1. The summed E-state index contributed by atoms with van der Waals surface area (Å²) in [6.45, 7) is 4.27. The van der Waals surface area contributed by atoms with Gasteiger partial charge in [-0.05, 0) is 62.0 Å². The Morgan fingerprint density at radius 3 is 2.91 bits per heavy atom. The molecule has 0 fully saturated rings. The Bertz CT molecular complexity index is 788. The third kappa shape index (κ3) is 2.39. The molecular formula is C17H20N2O2S. The number of ether oxygens (including phenoxy) is 1. The molecule has 0 saturated heterocycles. The predicted octanol–water partition coefficient (Wildman–Crippen LogP) is 3.87. The van der Waals surface area contributed by atoms with Crippen LogP contribution in [0.1, 0.15) is 51.6 Å². The van der Waals surface area contributed by atoms with E-state index < -0.39 is 0 Å². The first-order chi connectivity index (χ1) is 10.5. The molecule has 1 aromatic carbocycles. The number of carbonyl (C=O) groups excluding carboxylic acids is 1. The number of hydrogen-bond donors (Lipinski definition) is 1. The summed E-state index contributed by atoms with van der Waals surface area (Å²) in [6.07, 6.45) is 4.80. The first-order valence-electron chi connectivity index (χ1n) is 7.51. The van der Waals surface area contributed by atoms with Crippen LogP contribution in [0.5, 0.6) is 0 Å². The number of imidazole rings is 1. The van der Waals surface area contributed by atoms with Crippen molar-refractivity contribution in [2.45, 2.75) is 39.2 Å². The zero-order valence-electron chi connectivity index (χ0n) is 13.1. The molecule has 1 aromatic heterocycles. The number of aryl methyl sites for hydroxylation is 2. The van der Waals surface area contributed by atoms with Gasteiger partial charge in [-0.25, -0.2) is 4.79 Å². The maximum Gasteiger partial charge on any atom is 0.356 e. The quantitative estimate of drug-likeness (QED) is 0.676. The lowest BCUT2D eigenvalue weighted by Crippen LogP contribution is -2.22. The number of nitrogens with one attached hydrogen (secondary N) is 1. The molecule has 116 valence electrons. The molecule has 1 heterocycles. The van der Waals surface area contributed by atoms with Crippen molar-refractivity contribution in [3.05, 3.63) is 51.0 Å². The van der Waals surface area contributed by atoms with Gasteiger partial charge in [-0.15, -0.1) is 0 Å². The SMILES string of the molecule is COC(=O)c1c[nH]c(=S)n1C1CCCc2c(C)cc(C)cc21. The van der Waals surface area contributed by atoms with Crippen molar-refractivity contribution >= 4 is 18.2 Å². The zero-order chi connectivity index (χ0) is 15.9. The van der Waals surface area contributed by atoms with Gasteiger partial charge in [0, 0.05) is 6.20 Å². The lowest BCUT2D eigenvalue weighted by Gasteiger charge is -2.29. The van der Waals surface area contributed by atoms with Crippen LogP contribution in [-0.2, 0) is 11.2 Å². The lowest BCUT2D eigenvalue weighted by molar-refractivity contribution is 0.0586. The molecule has 22 heavy (non-hydrogen) atoms. The Balaban J connectivity index is 2.19. The van der Waals surface area contributed by atoms with Crippen LogP contribution in [0.2, 0.25) is 0 Å². The molecule has 2 aromatic rings. The molecule has 1 N–H and O–H groups in total. The van der Waals surface area contributed by atoms with E-state index in [1.54, 1.807) is 6.20 Å². The minimum atomic E-state index is -0.358. The largest absolute Gasteiger partial charge is 0.464 e. The number of carbonyl (C=O) groups is 1. The predicted molar refractivity (Wildman–Crippen MR) is 87.9 cm³/mol. The van der Waals surface area contributed by atoms with E-state index in [4.69, 9.17) is 17.0 Å². The van der Waals surface area contributed by atoms with Crippen LogP contribution < -0.4 is 0 Å². The third-order valence-electron chi connectivity index (χ3n) is 4.43. The number of hydrogen-bond acceptors (Lipinski definition) is 3. The average molecular weight is 316 g/mol. The molecule has 0 amide bonds. The van der Waals surface area contributed by atoms with Gasteiger partial charge in [0.15, 0.2) is 4.77 Å². The van der Waals surface area contributed by atoms with Gasteiger partial charge in [0.1, 0.15) is 5.69 Å². The molecule has 0 aliphatic heterocycles. The molecule has 3 rings (SSSR count). The standard InChI is InChI=1S/C17H20N2O2S/c1-10-7-11(2)12-5-4-6-14(13(12)8-10)19-15(16(20)21-3)9-18-17(19)22/h7-9,14H,4-6H2,1-3H3,(H,18,22). The second-order valence-electron chi connectivity index (χ2n) is 5.90. The average Bonchev–Trinajstić information content (AvgIpc) is 2.87. The molecule has 1 aliphatic rings. The normalized spacial score (nSPS) is 17.1. The van der Waals surface area contributed by atoms with E-state index in [1.165, 1.54) is 29.4 Å². The molecule has 5 heteroatoms. The molecule has 0 spiro atoms. The Kier molecular flexibility index (Phi) is 3.91. The van der Waals surface area contributed by atoms with Crippen molar-refractivity contribution in [3.63, 3.8) is 0 Å². The highest BCUT2D eigenvalue weighted by atomic mass is 32.1. The lowest BCUT2D eigenvalue weighted by atomic mass is 9.84. The fourth-order valence-corrected chi connectivity index (χ4v) is 3.80. The Hall–Kier alpha value is -1.88. The number of fused-ring (bicyclic) bond motifs is 1. The summed E-state index contributed by atoms with van der Waals surface area (Å²) in [5.41, 5.74) is 5.72. The van der Waals surface area contributed by atoms with Crippen molar-refractivity contribution in [2.75, 3.05) is 7.11 Å². The van der Waals surface area contributed by atoms with Crippen LogP contribution in [-0.4, -0.2) is 22.6 Å². The van der Waals surface area contributed by atoms with Crippen LogP contribution in [0.4, 0.5) is 0 Å². The van der Waals surface area contributed by atoms with Crippen LogP contribution in [0.15, 0.2) is 18.3 Å². The molecule has 1 unspecified atom stereocenters. The van der Waals surface area contributed by atoms with E-state index in [0.717, 1.165) is 19.3 Å². The van der Waals surface area contributed by atoms with E-state index in [9.17, 15) is 4.79 Å². The zero-order valence-corrected chi connectivity index (χ0v) is 13.9. The third-order valence-corrected chi connectivity index (χ3v) is 4.75. The number of esters is 1. The van der Waals surface area contributed by atoms with Gasteiger partial charge < -0.3 is 14.3 Å². The fraction of sp³-hybridized carbons (Fsp3) is 0.412. The van der Waals surface area contributed by atoms with Crippen LogP contribution in [0.3, 0.4) is 0 Å². The van der Waals surface area contributed by atoms with Gasteiger partial charge in [0.05, 0.1) is 13.2 Å². The summed E-state index contributed by atoms with van der Waals surface area (Å²) in [6, 6.07) is 4.54. The van der Waals surface area contributed by atoms with Gasteiger partial charge >= 0.3 is 5.97 Å². The summed E-state index contributed by atoms with van der Waals surface area (Å²) in [5, 5.41) is 0. The van der Waals surface area contributed by atoms with Crippen molar-refractivity contribution in [2.24, 2.45) is 0 Å². The molecule has 0 saturated carbocycles. The molecule has 0 bridgehead atoms. The molecule has 1 aliphatic carbocycles. The van der Waals surface area contributed by atoms with Gasteiger partial charge in [0.25, 0.3) is 0 Å². The summed E-state index contributed by atoms with van der Waals surface area (Å²) in [5.74, 6) is -0.358. The minimum Gasteiger partial charge on any atom is -0.464 e. The maximum atomic E-state index is 12.0. The van der Waals surface area contributed by atoms with Gasteiger partial charge in [-0.1, -0.05) is 17.7 Å². The van der Waals surface area contributed by atoms with Crippen molar-refractivity contribution in [3.8, 4) is 0 Å². The smallest absolute Gasteiger partial charge is 0.356 e. The van der Waals surface area contributed by atoms with E-state index in [2.05, 4.69) is 31.0 Å². The monoisotopic (exact) mass is 316 g/mol. The summed E-state index contributed by atoms with van der Waals surface area (Å²) >= 11 is 5.42. The molecular weight excluding hydrogens is 296 g/mol. The highest BCUT2D eigenvalue weighted by Crippen LogP contribution is 2.36. The Morgan fingerprint density at radius 2 is 2.18 bits per heavy atom. The topological polar surface area (TPSA) is 47.0 Å². The first kappa shape index (κ1) is 15.0. The van der Waals surface area contributed by atoms with Crippen molar-refractivity contribution in [1.82, 2.24) is 9.55 Å². The van der Waals surface area contributed by atoms with E-state index in [0.29, 0.717) is 10.5 Å². The number of methoxy groups -OCH3 is 1. The second-order valence-corrected chi connectivity index (χ2v) is 6.28. The van der Waals surface area contributed by atoms with Crippen LogP contribution in [0, 0.1) is 18.6 Å². The number of nitrogens with zero attached hydrogens (tertiary/aromatic N) is 1. The van der Waals surface area contributed by atoms with Crippen LogP contribution in [0.25, 0.3) is 0 Å². The molecule has 1 atom stereocenters. The Morgan fingerprint density at radius 1 is 1.41 bits per heavy atom. The first-order valence-corrected chi connectivity index (χ1v) is 7.92. The van der Waals surface area contributed by atoms with E-state index in [-0.39, 0.29) is 12.0 Å².